The summed E-state index contributed by atoms with van der Waals surface area (Å²) in [6, 6.07) is 6.76. The number of carbonyl (C=O) groups is 1. The quantitative estimate of drug-likeness (QED) is 0.668. The summed E-state index contributed by atoms with van der Waals surface area (Å²) in [6.45, 7) is 1.61. The highest BCUT2D eigenvalue weighted by Gasteiger charge is 2.00. The zero-order valence-electron chi connectivity index (χ0n) is 7.32. The maximum Gasteiger partial charge on any atom is 0.244 e. The molecule has 1 amide bonds. The van der Waals surface area contributed by atoms with Crippen molar-refractivity contribution < 1.29 is 9.90 Å². The first-order valence-electron chi connectivity index (χ1n) is 3.87. The van der Waals surface area contributed by atoms with Crippen LogP contribution < -0.4 is 5.73 Å². The number of phenols is 1. The van der Waals surface area contributed by atoms with Crippen molar-refractivity contribution >= 4 is 12.0 Å². The van der Waals surface area contributed by atoms with Crippen molar-refractivity contribution in [1.82, 2.24) is 0 Å². The van der Waals surface area contributed by atoms with Gasteiger partial charge in [0.2, 0.25) is 5.91 Å². The molecule has 0 atom stereocenters. The van der Waals surface area contributed by atoms with E-state index in [4.69, 9.17) is 5.73 Å². The molecule has 1 rings (SSSR count). The van der Waals surface area contributed by atoms with Crippen molar-refractivity contribution in [2.75, 3.05) is 0 Å². The highest BCUT2D eigenvalue weighted by Crippen LogP contribution is 2.18. The molecule has 0 spiro atoms. The molecule has 0 fully saturated rings. The second-order valence-corrected chi connectivity index (χ2v) is 2.75. The summed E-state index contributed by atoms with van der Waals surface area (Å²) in [6.07, 6.45) is 1.55. The van der Waals surface area contributed by atoms with Crippen molar-refractivity contribution in [3.8, 4) is 5.75 Å². The molecular formula is C10H11NO2. The lowest BCUT2D eigenvalue weighted by atomic mass is 10.1. The van der Waals surface area contributed by atoms with Crippen LogP contribution in [0.1, 0.15) is 12.5 Å². The number of para-hydroxylation sites is 1. The van der Waals surface area contributed by atoms with Gasteiger partial charge in [-0.15, -0.1) is 0 Å². The molecule has 1 aromatic carbocycles. The van der Waals surface area contributed by atoms with E-state index in [2.05, 4.69) is 0 Å². The smallest absolute Gasteiger partial charge is 0.244 e. The van der Waals surface area contributed by atoms with E-state index in [-0.39, 0.29) is 5.75 Å². The Kier molecular flexibility index (Phi) is 2.69. The average Bonchev–Trinajstić information content (AvgIpc) is 2.08. The molecule has 0 saturated carbocycles. The Morgan fingerprint density at radius 2 is 2.08 bits per heavy atom. The number of amides is 1. The van der Waals surface area contributed by atoms with Crippen LogP contribution in [0.3, 0.4) is 0 Å². The highest BCUT2D eigenvalue weighted by molar-refractivity contribution is 5.96. The predicted molar refractivity (Wildman–Crippen MR) is 51.0 cm³/mol. The third kappa shape index (κ3) is 2.33. The number of aromatic hydroxyl groups is 1. The molecule has 0 radical (unpaired) electrons. The highest BCUT2D eigenvalue weighted by atomic mass is 16.3. The first-order valence-corrected chi connectivity index (χ1v) is 3.87. The minimum absolute atomic E-state index is 0.142. The molecule has 0 saturated heterocycles. The molecule has 1 aromatic rings. The van der Waals surface area contributed by atoms with E-state index >= 15 is 0 Å². The molecule has 3 N–H and O–H groups in total. The van der Waals surface area contributed by atoms with Crippen LogP contribution in [-0.2, 0) is 4.79 Å². The Morgan fingerprint density at radius 3 is 2.62 bits per heavy atom. The molecule has 0 aliphatic carbocycles. The van der Waals surface area contributed by atoms with Gasteiger partial charge < -0.3 is 10.8 Å². The molecule has 0 aliphatic rings. The molecule has 68 valence electrons. The van der Waals surface area contributed by atoms with E-state index in [1.807, 2.05) is 0 Å². The van der Waals surface area contributed by atoms with Gasteiger partial charge in [0.1, 0.15) is 5.75 Å². The Labute approximate surface area is 76.5 Å². The van der Waals surface area contributed by atoms with Crippen LogP contribution in [0, 0.1) is 0 Å². The van der Waals surface area contributed by atoms with Crippen molar-refractivity contribution in [2.45, 2.75) is 6.92 Å². The number of phenolic OH excluding ortho intramolecular Hbond substituents is 1. The van der Waals surface area contributed by atoms with Crippen LogP contribution in [0.15, 0.2) is 29.8 Å². The number of hydrogen-bond donors (Lipinski definition) is 2. The van der Waals surface area contributed by atoms with Gasteiger partial charge in [0.25, 0.3) is 0 Å². The zero-order valence-corrected chi connectivity index (χ0v) is 7.32. The van der Waals surface area contributed by atoms with Crippen LogP contribution >= 0.6 is 0 Å². The van der Waals surface area contributed by atoms with Gasteiger partial charge in [0.05, 0.1) is 0 Å². The molecule has 0 heterocycles. The van der Waals surface area contributed by atoms with Crippen LogP contribution in [0.5, 0.6) is 5.75 Å². The average molecular weight is 177 g/mol. The summed E-state index contributed by atoms with van der Waals surface area (Å²) in [5.41, 5.74) is 6.06. The van der Waals surface area contributed by atoms with Crippen LogP contribution in [-0.4, -0.2) is 11.0 Å². The van der Waals surface area contributed by atoms with Crippen LogP contribution in [0.4, 0.5) is 0 Å². The number of hydrogen-bond acceptors (Lipinski definition) is 2. The van der Waals surface area contributed by atoms with Gasteiger partial charge in [-0.25, -0.2) is 0 Å². The van der Waals surface area contributed by atoms with Gasteiger partial charge in [-0.1, -0.05) is 18.2 Å². The SMILES string of the molecule is C/C(=C\c1ccccc1O)C(N)=O. The third-order valence-electron chi connectivity index (χ3n) is 1.70. The molecule has 0 aliphatic heterocycles. The van der Waals surface area contributed by atoms with E-state index in [0.717, 1.165) is 0 Å². The van der Waals surface area contributed by atoms with Gasteiger partial charge in [0, 0.05) is 11.1 Å². The lowest BCUT2D eigenvalue weighted by Gasteiger charge is -1.98. The largest absolute Gasteiger partial charge is 0.507 e. The normalized spacial score (nSPS) is 11.3. The summed E-state index contributed by atoms with van der Waals surface area (Å²) in [5, 5.41) is 9.34. The molecule has 0 bridgehead atoms. The van der Waals surface area contributed by atoms with E-state index in [0.29, 0.717) is 11.1 Å². The standard InChI is InChI=1S/C10H11NO2/c1-7(10(11)13)6-8-4-2-3-5-9(8)12/h2-6,12H,1H3,(H2,11,13)/b7-6+. The lowest BCUT2D eigenvalue weighted by molar-refractivity contribution is -0.114. The maximum atomic E-state index is 10.7. The van der Waals surface area contributed by atoms with Crippen LogP contribution in [0.25, 0.3) is 6.08 Å². The molecule has 3 nitrogen and oxygen atoms in total. The number of rotatable bonds is 2. The molecule has 0 unspecified atom stereocenters. The number of benzene rings is 1. The first-order chi connectivity index (χ1) is 6.11. The van der Waals surface area contributed by atoms with Gasteiger partial charge in [-0.05, 0) is 19.1 Å². The van der Waals surface area contributed by atoms with Gasteiger partial charge in [0.15, 0.2) is 0 Å². The maximum absolute atomic E-state index is 10.7. The molecular weight excluding hydrogens is 166 g/mol. The Hall–Kier alpha value is -1.77. The first kappa shape index (κ1) is 9.32. The summed E-state index contributed by atoms with van der Waals surface area (Å²) in [5.74, 6) is -0.341. The minimum Gasteiger partial charge on any atom is -0.507 e. The van der Waals surface area contributed by atoms with Crippen molar-refractivity contribution in [1.29, 1.82) is 0 Å². The molecule has 3 heteroatoms. The van der Waals surface area contributed by atoms with Crippen molar-refractivity contribution in [2.24, 2.45) is 5.73 Å². The van der Waals surface area contributed by atoms with Gasteiger partial charge in [-0.3, -0.25) is 4.79 Å². The summed E-state index contributed by atoms with van der Waals surface area (Å²) in [7, 11) is 0. The van der Waals surface area contributed by atoms with Crippen molar-refractivity contribution in [3.63, 3.8) is 0 Å². The fraction of sp³-hybridized carbons (Fsp3) is 0.100. The Bertz CT molecular complexity index is 356. The Morgan fingerprint density at radius 1 is 1.46 bits per heavy atom. The van der Waals surface area contributed by atoms with Crippen molar-refractivity contribution in [3.05, 3.63) is 35.4 Å². The topological polar surface area (TPSA) is 63.3 Å². The zero-order chi connectivity index (χ0) is 9.84. The van der Waals surface area contributed by atoms with Gasteiger partial charge >= 0.3 is 0 Å². The van der Waals surface area contributed by atoms with E-state index in [9.17, 15) is 9.90 Å². The predicted octanol–water partition coefficient (Wildman–Crippen LogP) is 1.28. The summed E-state index contributed by atoms with van der Waals surface area (Å²) >= 11 is 0. The number of primary amides is 1. The van der Waals surface area contributed by atoms with Crippen LogP contribution in [0.2, 0.25) is 0 Å². The second-order valence-electron chi connectivity index (χ2n) is 2.75. The Balaban J connectivity index is 3.04. The van der Waals surface area contributed by atoms with Gasteiger partial charge in [-0.2, -0.15) is 0 Å². The monoisotopic (exact) mass is 177 g/mol. The fourth-order valence-corrected chi connectivity index (χ4v) is 0.914. The molecule has 0 aromatic heterocycles. The second kappa shape index (κ2) is 3.76. The van der Waals surface area contributed by atoms with E-state index in [1.165, 1.54) is 0 Å². The van der Waals surface area contributed by atoms with E-state index in [1.54, 1.807) is 37.3 Å². The van der Waals surface area contributed by atoms with E-state index < -0.39 is 5.91 Å². The lowest BCUT2D eigenvalue weighted by Crippen LogP contribution is -2.11. The fourth-order valence-electron chi connectivity index (χ4n) is 0.914. The molecule has 13 heavy (non-hydrogen) atoms. The summed E-state index contributed by atoms with van der Waals surface area (Å²) in [4.78, 5) is 10.7. The number of carbonyl (C=O) groups excluding carboxylic acids is 1. The number of nitrogens with two attached hydrogens (primary N) is 1. The summed E-state index contributed by atoms with van der Waals surface area (Å²) < 4.78 is 0. The minimum atomic E-state index is -0.483. The third-order valence-corrected chi connectivity index (χ3v) is 1.70.